The number of hydrogen-bond donors (Lipinski definition) is 2. The fourth-order valence-corrected chi connectivity index (χ4v) is 8.11. The first-order valence-electron chi connectivity index (χ1n) is 11.9. The van der Waals surface area contributed by atoms with Gasteiger partial charge in [-0.25, -0.2) is 0 Å². The molecule has 0 aromatic heterocycles. The van der Waals surface area contributed by atoms with Gasteiger partial charge < -0.3 is 14.9 Å². The van der Waals surface area contributed by atoms with E-state index in [-0.39, 0.29) is 22.9 Å². The Morgan fingerprint density at radius 3 is 2.69 bits per heavy atom. The molecule has 4 rings (SSSR count). The number of carbonyl (C=O) groups is 1. The molecule has 0 aliphatic heterocycles. The maximum absolute atomic E-state index is 11.6. The zero-order valence-corrected chi connectivity index (χ0v) is 18.7. The lowest BCUT2D eigenvalue weighted by Gasteiger charge is -2.58. The molecule has 0 spiro atoms. The number of esters is 1. The Morgan fingerprint density at radius 2 is 1.97 bits per heavy atom. The predicted molar refractivity (Wildman–Crippen MR) is 113 cm³/mol. The summed E-state index contributed by atoms with van der Waals surface area (Å²) in [5.74, 6) is 2.40. The number of allylic oxidation sites excluding steroid dienone is 1. The van der Waals surface area contributed by atoms with Gasteiger partial charge in [-0.15, -0.1) is 0 Å². The van der Waals surface area contributed by atoms with Crippen molar-refractivity contribution >= 4 is 5.97 Å². The van der Waals surface area contributed by atoms with Crippen LogP contribution in [0.4, 0.5) is 0 Å². The Bertz CT molecular complexity index is 672. The maximum atomic E-state index is 11.6. The predicted octanol–water partition coefficient (Wildman–Crippen LogP) is 4.49. The summed E-state index contributed by atoms with van der Waals surface area (Å²) < 4.78 is 4.84. The molecule has 0 radical (unpaired) electrons. The van der Waals surface area contributed by atoms with Gasteiger partial charge in [0.15, 0.2) is 0 Å². The molecular formula is C25H40O4. The van der Waals surface area contributed by atoms with Crippen LogP contribution in [0.2, 0.25) is 0 Å². The lowest BCUT2D eigenvalue weighted by atomic mass is 9.47. The molecule has 164 valence electrons. The normalized spacial score (nSPS) is 47.4. The number of aliphatic hydroxyl groups excluding tert-OH is 2. The van der Waals surface area contributed by atoms with Crippen molar-refractivity contribution < 1.29 is 19.7 Å². The first-order valence-corrected chi connectivity index (χ1v) is 11.9. The highest BCUT2D eigenvalue weighted by Gasteiger charge is 2.60. The summed E-state index contributed by atoms with van der Waals surface area (Å²) in [5.41, 5.74) is 1.57. The highest BCUT2D eigenvalue weighted by Crippen LogP contribution is 2.66. The number of methoxy groups -OCH3 is 1. The van der Waals surface area contributed by atoms with Crippen molar-refractivity contribution in [1.82, 2.24) is 0 Å². The molecule has 9 atom stereocenters. The standard InChI is InChI=1S/C25H40O4/c1-15(5-10-23(28)29-4)19-8-9-20-18-7-6-16-13-17(26)11-12-24(16,2)21(18)14-22(27)25(19,20)3/h14-20,22,26-27H,5-13H2,1-4H3/t15-,16-,17-,18?,19?,20?,22+,24+,25-/m1/s1. The van der Waals surface area contributed by atoms with Crippen LogP contribution >= 0.6 is 0 Å². The van der Waals surface area contributed by atoms with Crippen LogP contribution in [-0.4, -0.2) is 35.5 Å². The minimum atomic E-state index is -0.408. The fraction of sp³-hybridized carbons (Fsp3) is 0.880. The summed E-state index contributed by atoms with van der Waals surface area (Å²) in [6.07, 6.45) is 10.6. The molecule has 0 amide bonds. The van der Waals surface area contributed by atoms with E-state index in [2.05, 4.69) is 26.8 Å². The summed E-state index contributed by atoms with van der Waals surface area (Å²) in [5, 5.41) is 21.7. The second kappa shape index (κ2) is 7.67. The van der Waals surface area contributed by atoms with Crippen LogP contribution in [0.1, 0.15) is 78.6 Å². The third-order valence-corrected chi connectivity index (χ3v) is 9.90. The Balaban J connectivity index is 1.59. The van der Waals surface area contributed by atoms with Crippen LogP contribution in [0.5, 0.6) is 0 Å². The van der Waals surface area contributed by atoms with Gasteiger partial charge in [0, 0.05) is 11.8 Å². The molecule has 4 heteroatoms. The van der Waals surface area contributed by atoms with Crippen molar-refractivity contribution in [3.8, 4) is 0 Å². The first-order chi connectivity index (χ1) is 13.7. The van der Waals surface area contributed by atoms with Gasteiger partial charge in [0.1, 0.15) is 0 Å². The van der Waals surface area contributed by atoms with E-state index < -0.39 is 6.10 Å². The molecule has 2 N–H and O–H groups in total. The summed E-state index contributed by atoms with van der Waals surface area (Å²) in [6, 6.07) is 0. The summed E-state index contributed by atoms with van der Waals surface area (Å²) in [7, 11) is 1.46. The van der Waals surface area contributed by atoms with Crippen molar-refractivity contribution in [1.29, 1.82) is 0 Å². The molecule has 0 saturated heterocycles. The SMILES string of the molecule is COC(=O)CC[C@@H](C)C1CCC2C3CC[C@@H]4C[C@H](O)CC[C@]4(C)C3=C[C@H](O)[C@@]21C. The Morgan fingerprint density at radius 1 is 1.21 bits per heavy atom. The highest BCUT2D eigenvalue weighted by molar-refractivity contribution is 5.69. The Kier molecular flexibility index (Phi) is 5.65. The average Bonchev–Trinajstić information content (AvgIpc) is 3.06. The van der Waals surface area contributed by atoms with E-state index in [0.717, 1.165) is 32.1 Å². The summed E-state index contributed by atoms with van der Waals surface area (Å²) >= 11 is 0. The Hall–Kier alpha value is -0.870. The zero-order chi connectivity index (χ0) is 21.0. The summed E-state index contributed by atoms with van der Waals surface area (Å²) in [6.45, 7) is 6.98. The minimum absolute atomic E-state index is 0.0962. The van der Waals surface area contributed by atoms with E-state index in [1.807, 2.05) is 0 Å². The highest BCUT2D eigenvalue weighted by atomic mass is 16.5. The molecule has 4 nitrogen and oxygen atoms in total. The number of carbonyl (C=O) groups excluding carboxylic acids is 1. The average molecular weight is 405 g/mol. The monoisotopic (exact) mass is 404 g/mol. The molecule has 3 unspecified atom stereocenters. The molecule has 3 fully saturated rings. The van der Waals surface area contributed by atoms with Crippen LogP contribution in [0.25, 0.3) is 0 Å². The van der Waals surface area contributed by atoms with E-state index in [1.165, 1.54) is 31.9 Å². The molecule has 0 heterocycles. The fourth-order valence-electron chi connectivity index (χ4n) is 8.11. The van der Waals surface area contributed by atoms with Crippen LogP contribution in [0, 0.1) is 40.4 Å². The van der Waals surface area contributed by atoms with Gasteiger partial charge in [-0.2, -0.15) is 0 Å². The second-order valence-electron chi connectivity index (χ2n) is 11.0. The van der Waals surface area contributed by atoms with Crippen LogP contribution in [0.15, 0.2) is 11.6 Å². The van der Waals surface area contributed by atoms with E-state index in [9.17, 15) is 15.0 Å². The second-order valence-corrected chi connectivity index (χ2v) is 11.0. The van der Waals surface area contributed by atoms with Crippen molar-refractivity contribution in [2.24, 2.45) is 40.4 Å². The number of ether oxygens (including phenoxy) is 1. The van der Waals surface area contributed by atoms with E-state index in [4.69, 9.17) is 4.74 Å². The van der Waals surface area contributed by atoms with Crippen LogP contribution in [0.3, 0.4) is 0 Å². The third kappa shape index (κ3) is 3.29. The van der Waals surface area contributed by atoms with Crippen molar-refractivity contribution in [2.45, 2.75) is 90.8 Å². The molecule has 0 bridgehead atoms. The van der Waals surface area contributed by atoms with Gasteiger partial charge in [-0.3, -0.25) is 4.79 Å². The number of rotatable bonds is 4. The molecule has 0 aromatic carbocycles. The number of fused-ring (bicyclic) bond motifs is 5. The lowest BCUT2D eigenvalue weighted by molar-refractivity contribution is -0.141. The molecule has 29 heavy (non-hydrogen) atoms. The van der Waals surface area contributed by atoms with Gasteiger partial charge in [-0.05, 0) is 86.4 Å². The van der Waals surface area contributed by atoms with Gasteiger partial charge in [0.05, 0.1) is 19.3 Å². The number of aliphatic hydroxyl groups is 2. The summed E-state index contributed by atoms with van der Waals surface area (Å²) in [4.78, 5) is 11.6. The molecule has 4 aliphatic carbocycles. The van der Waals surface area contributed by atoms with Gasteiger partial charge >= 0.3 is 5.97 Å². The van der Waals surface area contributed by atoms with E-state index >= 15 is 0 Å². The first kappa shape index (κ1) is 21.4. The largest absolute Gasteiger partial charge is 0.469 e. The molecule has 3 saturated carbocycles. The van der Waals surface area contributed by atoms with Crippen molar-refractivity contribution in [2.75, 3.05) is 7.11 Å². The van der Waals surface area contributed by atoms with E-state index in [1.54, 1.807) is 0 Å². The Labute approximate surface area is 176 Å². The topological polar surface area (TPSA) is 66.8 Å². The van der Waals surface area contributed by atoms with Crippen molar-refractivity contribution in [3.63, 3.8) is 0 Å². The minimum Gasteiger partial charge on any atom is -0.469 e. The molecule has 0 aromatic rings. The molecule has 4 aliphatic rings. The van der Waals surface area contributed by atoms with Gasteiger partial charge in [0.25, 0.3) is 0 Å². The van der Waals surface area contributed by atoms with Crippen LogP contribution in [-0.2, 0) is 9.53 Å². The zero-order valence-electron chi connectivity index (χ0n) is 18.7. The van der Waals surface area contributed by atoms with Crippen LogP contribution < -0.4 is 0 Å². The van der Waals surface area contributed by atoms with Gasteiger partial charge in [0.2, 0.25) is 0 Å². The maximum Gasteiger partial charge on any atom is 0.305 e. The molecular weight excluding hydrogens is 364 g/mol. The smallest absolute Gasteiger partial charge is 0.305 e. The third-order valence-electron chi connectivity index (χ3n) is 9.90. The quantitative estimate of drug-likeness (QED) is 0.535. The lowest BCUT2D eigenvalue weighted by Crippen LogP contribution is -2.53. The van der Waals surface area contributed by atoms with E-state index in [0.29, 0.717) is 36.0 Å². The van der Waals surface area contributed by atoms with Crippen molar-refractivity contribution in [3.05, 3.63) is 11.6 Å². The van der Waals surface area contributed by atoms with Gasteiger partial charge in [-0.1, -0.05) is 32.4 Å². The number of hydrogen-bond acceptors (Lipinski definition) is 4.